The maximum Gasteiger partial charge on any atom is 0.320 e. The number of amides is 3. The SMILES string of the molecule is CCN(C(N)=O)c1cc(Nc2cc(F)cc(F)c2)c(C(=O)Nc2ccc(Cc3nn[nH]n3)cc2)cn1. The van der Waals surface area contributed by atoms with Crippen LogP contribution in [0.15, 0.2) is 54.7 Å². The van der Waals surface area contributed by atoms with Gasteiger partial charge in [0.25, 0.3) is 5.91 Å². The molecule has 0 aliphatic heterocycles. The number of carbonyl (C=O) groups excluding carboxylic acids is 2. The standard InChI is InChI=1S/C23H21F2N9O2/c1-2-34(23(26)36)21-11-19(28-17-9-14(24)8-15(25)10-17)18(12-27-21)22(35)29-16-5-3-13(4-6-16)7-20-30-32-33-31-20/h3-6,8-12H,2,7H2,1H3,(H2,26,36)(H,27,28)(H,29,35)(H,30,31,32,33). The number of tetrazole rings is 1. The molecule has 4 rings (SSSR count). The van der Waals surface area contributed by atoms with Crippen molar-refractivity contribution in [2.75, 3.05) is 22.1 Å². The zero-order chi connectivity index (χ0) is 25.7. The highest BCUT2D eigenvalue weighted by Crippen LogP contribution is 2.27. The highest BCUT2D eigenvalue weighted by atomic mass is 19.1. The number of nitrogens with zero attached hydrogens (tertiary/aromatic N) is 5. The molecule has 184 valence electrons. The first-order valence-electron chi connectivity index (χ1n) is 10.7. The van der Waals surface area contributed by atoms with E-state index in [1.54, 1.807) is 31.2 Å². The molecule has 0 spiro atoms. The number of hydrogen-bond acceptors (Lipinski definition) is 7. The van der Waals surface area contributed by atoms with Crippen molar-refractivity contribution in [2.24, 2.45) is 5.73 Å². The Balaban J connectivity index is 1.61. The number of rotatable bonds is 8. The number of pyridine rings is 1. The Morgan fingerprint density at radius 1 is 1.06 bits per heavy atom. The van der Waals surface area contributed by atoms with Crippen LogP contribution < -0.4 is 21.3 Å². The molecule has 0 aliphatic carbocycles. The smallest absolute Gasteiger partial charge is 0.320 e. The summed E-state index contributed by atoms with van der Waals surface area (Å²) < 4.78 is 27.5. The Morgan fingerprint density at radius 2 is 1.78 bits per heavy atom. The van der Waals surface area contributed by atoms with Gasteiger partial charge in [-0.25, -0.2) is 18.6 Å². The van der Waals surface area contributed by atoms with Crippen molar-refractivity contribution in [3.63, 3.8) is 0 Å². The van der Waals surface area contributed by atoms with Crippen molar-refractivity contribution < 1.29 is 18.4 Å². The third kappa shape index (κ3) is 5.75. The number of H-pyrrole nitrogens is 1. The van der Waals surface area contributed by atoms with Gasteiger partial charge in [0.1, 0.15) is 17.5 Å². The normalized spacial score (nSPS) is 10.6. The van der Waals surface area contributed by atoms with Gasteiger partial charge >= 0.3 is 6.03 Å². The Kier molecular flexibility index (Phi) is 7.09. The van der Waals surface area contributed by atoms with Crippen LogP contribution in [-0.2, 0) is 6.42 Å². The van der Waals surface area contributed by atoms with E-state index in [2.05, 4.69) is 36.2 Å². The quantitative estimate of drug-likeness (QED) is 0.293. The van der Waals surface area contributed by atoms with Gasteiger partial charge < -0.3 is 16.4 Å². The van der Waals surface area contributed by atoms with Gasteiger partial charge in [0.2, 0.25) is 0 Å². The van der Waals surface area contributed by atoms with Gasteiger partial charge in [0.05, 0.1) is 11.3 Å². The maximum absolute atomic E-state index is 13.7. The fraction of sp³-hybridized carbons (Fsp3) is 0.130. The van der Waals surface area contributed by atoms with Crippen molar-refractivity contribution in [3.05, 3.63) is 83.3 Å². The number of urea groups is 1. The fourth-order valence-corrected chi connectivity index (χ4v) is 3.43. The highest BCUT2D eigenvalue weighted by molar-refractivity contribution is 6.08. The molecule has 5 N–H and O–H groups in total. The molecule has 4 aromatic rings. The third-order valence-corrected chi connectivity index (χ3v) is 5.10. The zero-order valence-electron chi connectivity index (χ0n) is 19.0. The van der Waals surface area contributed by atoms with Crippen molar-refractivity contribution in [1.82, 2.24) is 25.6 Å². The molecule has 11 nitrogen and oxygen atoms in total. The minimum absolute atomic E-state index is 0.0617. The summed E-state index contributed by atoms with van der Waals surface area (Å²) in [6, 6.07) is 10.5. The van der Waals surface area contributed by atoms with Crippen LogP contribution >= 0.6 is 0 Å². The monoisotopic (exact) mass is 493 g/mol. The van der Waals surface area contributed by atoms with Gasteiger partial charge in [-0.2, -0.15) is 5.21 Å². The lowest BCUT2D eigenvalue weighted by Crippen LogP contribution is -2.36. The van der Waals surface area contributed by atoms with E-state index < -0.39 is 23.6 Å². The summed E-state index contributed by atoms with van der Waals surface area (Å²) in [6.45, 7) is 1.92. The topological polar surface area (TPSA) is 155 Å². The second kappa shape index (κ2) is 10.5. The highest BCUT2D eigenvalue weighted by Gasteiger charge is 2.19. The van der Waals surface area contributed by atoms with Gasteiger partial charge in [-0.3, -0.25) is 9.69 Å². The molecule has 0 radical (unpaired) electrons. The molecule has 36 heavy (non-hydrogen) atoms. The lowest BCUT2D eigenvalue weighted by molar-refractivity contribution is 0.102. The van der Waals surface area contributed by atoms with Crippen molar-refractivity contribution >= 4 is 34.8 Å². The Hall–Kier alpha value is -4.94. The predicted molar refractivity (Wildman–Crippen MR) is 128 cm³/mol. The van der Waals surface area contributed by atoms with Gasteiger partial charge in [-0.05, 0) is 36.8 Å². The minimum Gasteiger partial charge on any atom is -0.355 e. The molecule has 0 saturated carbocycles. The zero-order valence-corrected chi connectivity index (χ0v) is 19.0. The van der Waals surface area contributed by atoms with Crippen LogP contribution in [0.4, 0.5) is 36.5 Å². The molecule has 0 unspecified atom stereocenters. The van der Waals surface area contributed by atoms with Crippen molar-refractivity contribution in [3.8, 4) is 0 Å². The average Bonchev–Trinajstić information content (AvgIpc) is 3.33. The van der Waals surface area contributed by atoms with Crippen LogP contribution in [0.3, 0.4) is 0 Å². The molecule has 2 heterocycles. The summed E-state index contributed by atoms with van der Waals surface area (Å²) in [5.74, 6) is -1.45. The summed E-state index contributed by atoms with van der Waals surface area (Å²) >= 11 is 0. The number of aromatic nitrogens is 5. The molecular weight excluding hydrogens is 472 g/mol. The minimum atomic E-state index is -0.800. The van der Waals surface area contributed by atoms with Gasteiger partial charge in [-0.15, -0.1) is 10.2 Å². The number of aromatic amines is 1. The van der Waals surface area contributed by atoms with Gasteiger partial charge in [0.15, 0.2) is 5.82 Å². The largest absolute Gasteiger partial charge is 0.355 e. The summed E-state index contributed by atoms with van der Waals surface area (Å²) in [5, 5.41) is 19.3. The van der Waals surface area contributed by atoms with E-state index in [1.807, 2.05) is 0 Å². The first kappa shape index (κ1) is 24.2. The van der Waals surface area contributed by atoms with Crippen LogP contribution in [0.25, 0.3) is 0 Å². The van der Waals surface area contributed by atoms with Crippen molar-refractivity contribution in [2.45, 2.75) is 13.3 Å². The van der Waals surface area contributed by atoms with E-state index in [-0.39, 0.29) is 29.3 Å². The number of hydrogen-bond donors (Lipinski definition) is 4. The van der Waals surface area contributed by atoms with E-state index in [4.69, 9.17) is 5.73 Å². The molecule has 0 atom stereocenters. The first-order chi connectivity index (χ1) is 17.3. The third-order valence-electron chi connectivity index (χ3n) is 5.10. The second-order valence-electron chi connectivity index (χ2n) is 7.61. The Bertz CT molecular complexity index is 1360. The summed E-state index contributed by atoms with van der Waals surface area (Å²) in [5.41, 5.74) is 7.11. The molecule has 2 aromatic carbocycles. The van der Waals surface area contributed by atoms with E-state index >= 15 is 0 Å². The summed E-state index contributed by atoms with van der Waals surface area (Å²) in [4.78, 5) is 30.2. The van der Waals surface area contributed by atoms with E-state index in [9.17, 15) is 18.4 Å². The van der Waals surface area contributed by atoms with Crippen molar-refractivity contribution in [1.29, 1.82) is 0 Å². The van der Waals surface area contributed by atoms with Gasteiger partial charge in [-0.1, -0.05) is 17.3 Å². The van der Waals surface area contributed by atoms with Crippen LogP contribution in [0, 0.1) is 11.6 Å². The van der Waals surface area contributed by atoms with E-state index in [0.717, 1.165) is 23.8 Å². The van der Waals surface area contributed by atoms with Crippen LogP contribution in [0.2, 0.25) is 0 Å². The lowest BCUT2D eigenvalue weighted by Gasteiger charge is -2.20. The summed E-state index contributed by atoms with van der Waals surface area (Å²) in [7, 11) is 0. The lowest BCUT2D eigenvalue weighted by atomic mass is 10.1. The predicted octanol–water partition coefficient (Wildman–Crippen LogP) is 3.36. The van der Waals surface area contributed by atoms with E-state index in [0.29, 0.717) is 17.9 Å². The summed E-state index contributed by atoms with van der Waals surface area (Å²) in [6.07, 6.45) is 1.71. The number of nitrogens with one attached hydrogen (secondary N) is 3. The Labute approximate surface area is 203 Å². The molecule has 0 aliphatic rings. The van der Waals surface area contributed by atoms with Crippen LogP contribution in [-0.4, -0.2) is 44.1 Å². The molecule has 3 amide bonds. The fourth-order valence-electron chi connectivity index (χ4n) is 3.43. The molecule has 0 bridgehead atoms. The number of anilines is 4. The second-order valence-corrected chi connectivity index (χ2v) is 7.61. The van der Waals surface area contributed by atoms with E-state index in [1.165, 1.54) is 17.2 Å². The average molecular weight is 493 g/mol. The maximum atomic E-state index is 13.7. The Morgan fingerprint density at radius 3 is 2.39 bits per heavy atom. The van der Waals surface area contributed by atoms with Gasteiger partial charge in [0, 0.05) is 42.7 Å². The molecule has 13 heteroatoms. The number of nitrogens with two attached hydrogens (primary N) is 1. The number of benzene rings is 2. The molecule has 0 saturated heterocycles. The number of halogens is 2. The van der Waals surface area contributed by atoms with Crippen LogP contribution in [0.1, 0.15) is 28.7 Å². The molecular formula is C23H21F2N9O2. The first-order valence-corrected chi connectivity index (χ1v) is 10.7. The van der Waals surface area contributed by atoms with Crippen LogP contribution in [0.5, 0.6) is 0 Å². The molecule has 2 aromatic heterocycles. The number of carbonyl (C=O) groups is 2. The number of primary amides is 1. The molecule has 0 fully saturated rings.